The zero-order chi connectivity index (χ0) is 19.2. The number of carbonyl (C=O) groups excluding carboxylic acids is 2. The molecule has 27 heavy (non-hydrogen) atoms. The number of methoxy groups -OCH3 is 1. The molecule has 1 amide bonds. The molecule has 0 aromatic rings. The van der Waals surface area contributed by atoms with Crippen LogP contribution in [0.15, 0.2) is 0 Å². The number of esters is 1. The smallest absolute Gasteiger partial charge is 0.310 e. The maximum atomic E-state index is 14.1. The van der Waals surface area contributed by atoms with Gasteiger partial charge in [0, 0.05) is 12.6 Å². The highest BCUT2D eigenvalue weighted by atomic mass is 16.5. The summed E-state index contributed by atoms with van der Waals surface area (Å²) < 4.78 is 4.98. The Balaban J connectivity index is 1.59. The minimum atomic E-state index is -0.248. The zero-order valence-electron chi connectivity index (χ0n) is 17.4. The minimum absolute atomic E-state index is 0.123. The highest BCUT2D eigenvalue weighted by Gasteiger charge is 2.56. The molecular formula is C23H37NO3. The van der Waals surface area contributed by atoms with E-state index >= 15 is 0 Å². The van der Waals surface area contributed by atoms with Crippen LogP contribution >= 0.6 is 0 Å². The second-order valence-corrected chi connectivity index (χ2v) is 10.4. The summed E-state index contributed by atoms with van der Waals surface area (Å²) in [6.45, 7) is 4.74. The molecule has 0 saturated heterocycles. The number of carbonyl (C=O) groups is 2. The second kappa shape index (κ2) is 7.40. The first kappa shape index (κ1) is 19.3. The molecule has 3 atom stereocenters. The van der Waals surface area contributed by atoms with E-state index in [1.165, 1.54) is 45.6 Å². The topological polar surface area (TPSA) is 46.6 Å². The first-order chi connectivity index (χ1) is 12.9. The molecule has 4 heteroatoms. The first-order valence-electron chi connectivity index (χ1n) is 11.3. The van der Waals surface area contributed by atoms with Crippen LogP contribution in [0.3, 0.4) is 0 Å². The predicted molar refractivity (Wildman–Crippen MR) is 105 cm³/mol. The van der Waals surface area contributed by atoms with E-state index in [0.29, 0.717) is 24.4 Å². The van der Waals surface area contributed by atoms with Crippen LogP contribution in [0.4, 0.5) is 0 Å². The summed E-state index contributed by atoms with van der Waals surface area (Å²) in [7, 11) is 1.45. The van der Waals surface area contributed by atoms with E-state index in [1.54, 1.807) is 0 Å². The summed E-state index contributed by atoms with van der Waals surface area (Å²) in [4.78, 5) is 28.3. The number of amides is 1. The maximum Gasteiger partial charge on any atom is 0.310 e. The van der Waals surface area contributed by atoms with Crippen LogP contribution in [-0.4, -0.2) is 36.5 Å². The van der Waals surface area contributed by atoms with Gasteiger partial charge >= 0.3 is 5.97 Å². The van der Waals surface area contributed by atoms with Gasteiger partial charge in [-0.2, -0.15) is 0 Å². The predicted octanol–water partition coefficient (Wildman–Crippen LogP) is 4.42. The van der Waals surface area contributed by atoms with Gasteiger partial charge in [0.2, 0.25) is 5.91 Å². The lowest BCUT2D eigenvalue weighted by molar-refractivity contribution is -0.164. The summed E-state index contributed by atoms with van der Waals surface area (Å²) in [5.41, 5.74) is -0.123. The molecule has 0 radical (unpaired) electrons. The van der Waals surface area contributed by atoms with Gasteiger partial charge in [-0.1, -0.05) is 26.7 Å². The number of rotatable bonds is 5. The van der Waals surface area contributed by atoms with Crippen LogP contribution in [0, 0.1) is 35.0 Å². The third-order valence-electron chi connectivity index (χ3n) is 8.29. The van der Waals surface area contributed by atoms with Crippen LogP contribution in [0.5, 0.6) is 0 Å². The molecule has 0 aliphatic heterocycles. The van der Waals surface area contributed by atoms with Gasteiger partial charge in [-0.3, -0.25) is 9.59 Å². The van der Waals surface area contributed by atoms with Gasteiger partial charge in [-0.15, -0.1) is 0 Å². The number of hydrogen-bond acceptors (Lipinski definition) is 3. The average Bonchev–Trinajstić information content (AvgIpc) is 2.64. The fourth-order valence-corrected chi connectivity index (χ4v) is 7.38. The van der Waals surface area contributed by atoms with Crippen molar-refractivity contribution in [2.75, 3.05) is 13.7 Å². The maximum absolute atomic E-state index is 14.1. The van der Waals surface area contributed by atoms with Crippen molar-refractivity contribution < 1.29 is 14.3 Å². The fraction of sp³-hybridized carbons (Fsp3) is 0.913. The van der Waals surface area contributed by atoms with Crippen molar-refractivity contribution in [3.63, 3.8) is 0 Å². The molecule has 5 saturated carbocycles. The Morgan fingerprint density at radius 1 is 1.04 bits per heavy atom. The molecule has 3 unspecified atom stereocenters. The zero-order valence-corrected chi connectivity index (χ0v) is 17.4. The second-order valence-electron chi connectivity index (χ2n) is 10.4. The van der Waals surface area contributed by atoms with Crippen molar-refractivity contribution in [3.05, 3.63) is 0 Å². The van der Waals surface area contributed by atoms with Gasteiger partial charge in [0.1, 0.15) is 0 Å². The van der Waals surface area contributed by atoms with E-state index in [9.17, 15) is 9.59 Å². The van der Waals surface area contributed by atoms with E-state index in [0.717, 1.165) is 43.4 Å². The normalized spacial score (nSPS) is 41.2. The van der Waals surface area contributed by atoms with Crippen LogP contribution in [0.1, 0.15) is 78.1 Å². The summed E-state index contributed by atoms with van der Waals surface area (Å²) in [6, 6.07) is 0.298. The van der Waals surface area contributed by atoms with Crippen LogP contribution in [0.2, 0.25) is 0 Å². The Hall–Kier alpha value is -1.06. The molecule has 0 heterocycles. The van der Waals surface area contributed by atoms with Gasteiger partial charge in [-0.25, -0.2) is 0 Å². The van der Waals surface area contributed by atoms with Crippen molar-refractivity contribution in [1.82, 2.24) is 4.90 Å². The molecule has 5 aliphatic rings. The molecule has 5 rings (SSSR count). The standard InChI is InChI=1S/C23H37NO3/c1-15-6-4-5-7-20(15)24(14-16(2)21(25)27-3)22(26)23-11-17-8-18(12-23)10-19(9-17)13-23/h15-20H,4-14H2,1-3H3. The van der Waals surface area contributed by atoms with Crippen molar-refractivity contribution in [3.8, 4) is 0 Å². The van der Waals surface area contributed by atoms with Crippen LogP contribution in [-0.2, 0) is 14.3 Å². The Kier molecular flexibility index (Phi) is 5.28. The Labute approximate surface area is 164 Å². The van der Waals surface area contributed by atoms with Crippen molar-refractivity contribution in [1.29, 1.82) is 0 Å². The molecule has 0 aromatic carbocycles. The van der Waals surface area contributed by atoms with Crippen molar-refractivity contribution >= 4 is 11.9 Å². The van der Waals surface area contributed by atoms with E-state index in [4.69, 9.17) is 4.74 Å². The quantitative estimate of drug-likeness (QED) is 0.668. The van der Waals surface area contributed by atoms with Gasteiger partial charge in [0.05, 0.1) is 18.4 Å². The van der Waals surface area contributed by atoms with Gasteiger partial charge < -0.3 is 9.64 Å². The van der Waals surface area contributed by atoms with Crippen molar-refractivity contribution in [2.45, 2.75) is 84.1 Å². The van der Waals surface area contributed by atoms with Crippen LogP contribution in [0.25, 0.3) is 0 Å². The van der Waals surface area contributed by atoms with Gasteiger partial charge in [-0.05, 0) is 75.0 Å². The van der Waals surface area contributed by atoms with E-state index in [2.05, 4.69) is 11.8 Å². The summed E-state index contributed by atoms with van der Waals surface area (Å²) in [6.07, 6.45) is 12.1. The molecule has 4 nitrogen and oxygen atoms in total. The molecule has 4 bridgehead atoms. The molecule has 0 N–H and O–H groups in total. The Bertz CT molecular complexity index is 551. The SMILES string of the molecule is COC(=O)C(C)CN(C(=O)C12CC3CC(CC(C3)C1)C2)C1CCCCC1C. The van der Waals surface area contributed by atoms with Gasteiger partial charge in [0.15, 0.2) is 0 Å². The summed E-state index contributed by atoms with van der Waals surface area (Å²) in [5.74, 6) is 2.78. The van der Waals surface area contributed by atoms with E-state index < -0.39 is 0 Å². The summed E-state index contributed by atoms with van der Waals surface area (Å²) in [5, 5.41) is 0. The average molecular weight is 376 g/mol. The number of nitrogens with zero attached hydrogens (tertiary/aromatic N) is 1. The molecule has 0 spiro atoms. The van der Waals surface area contributed by atoms with E-state index in [1.807, 2.05) is 6.92 Å². The monoisotopic (exact) mass is 375 g/mol. The Morgan fingerprint density at radius 2 is 1.59 bits per heavy atom. The number of hydrogen-bond donors (Lipinski definition) is 0. The number of ether oxygens (including phenoxy) is 1. The van der Waals surface area contributed by atoms with Gasteiger partial charge in [0.25, 0.3) is 0 Å². The largest absolute Gasteiger partial charge is 0.469 e. The Morgan fingerprint density at radius 3 is 2.11 bits per heavy atom. The fourth-order valence-electron chi connectivity index (χ4n) is 7.38. The minimum Gasteiger partial charge on any atom is -0.469 e. The molecule has 5 aliphatic carbocycles. The molecular weight excluding hydrogens is 338 g/mol. The summed E-state index contributed by atoms with van der Waals surface area (Å²) >= 11 is 0. The molecule has 5 fully saturated rings. The molecule has 0 aromatic heterocycles. The first-order valence-corrected chi connectivity index (χ1v) is 11.3. The lowest BCUT2D eigenvalue weighted by Crippen LogP contribution is -2.58. The lowest BCUT2D eigenvalue weighted by Gasteiger charge is -2.57. The third-order valence-corrected chi connectivity index (χ3v) is 8.29. The lowest BCUT2D eigenvalue weighted by atomic mass is 9.49. The highest BCUT2D eigenvalue weighted by molar-refractivity contribution is 5.84. The van der Waals surface area contributed by atoms with Crippen molar-refractivity contribution in [2.24, 2.45) is 35.0 Å². The molecule has 152 valence electrons. The third kappa shape index (κ3) is 3.53. The van der Waals surface area contributed by atoms with Crippen LogP contribution < -0.4 is 0 Å². The van der Waals surface area contributed by atoms with E-state index in [-0.39, 0.29) is 17.3 Å². The highest BCUT2D eigenvalue weighted by Crippen LogP contribution is 2.60.